The molecule has 7 nitrogen and oxygen atoms in total. The number of anilines is 2. The van der Waals surface area contributed by atoms with Crippen molar-refractivity contribution in [3.8, 4) is 11.8 Å². The fourth-order valence-corrected chi connectivity index (χ4v) is 5.37. The molecule has 33 heavy (non-hydrogen) atoms. The van der Waals surface area contributed by atoms with Crippen molar-refractivity contribution < 1.29 is 14.3 Å². The Balaban J connectivity index is 1.22. The number of piperidine rings is 1. The molecule has 0 bridgehead atoms. The van der Waals surface area contributed by atoms with Crippen molar-refractivity contribution >= 4 is 23.2 Å². The molecule has 0 radical (unpaired) electrons. The highest BCUT2D eigenvalue weighted by molar-refractivity contribution is 6.06. The summed E-state index contributed by atoms with van der Waals surface area (Å²) in [6.45, 7) is 4.30. The van der Waals surface area contributed by atoms with Gasteiger partial charge in [0.1, 0.15) is 12.4 Å². The SMILES string of the molecule is CC(COc1ccc2c(c1)CCC(=O)N2C)N1CCC2(CC1)C(=O)Nc1ccc(C#N)cc12. The minimum atomic E-state index is -0.540. The Morgan fingerprint density at radius 1 is 1.15 bits per heavy atom. The number of likely N-dealkylation sites (tertiary alicyclic amines) is 1. The highest BCUT2D eigenvalue weighted by Crippen LogP contribution is 2.45. The molecule has 170 valence electrons. The molecule has 2 aromatic carbocycles. The topological polar surface area (TPSA) is 85.7 Å². The van der Waals surface area contributed by atoms with Gasteiger partial charge in [0.25, 0.3) is 0 Å². The Bertz CT molecular complexity index is 1160. The first kappa shape index (κ1) is 21.5. The molecule has 1 fully saturated rings. The molecule has 2 amide bonds. The molecule has 3 aliphatic heterocycles. The van der Waals surface area contributed by atoms with Crippen LogP contribution in [0.1, 0.15) is 42.9 Å². The summed E-state index contributed by atoms with van der Waals surface area (Å²) >= 11 is 0. The lowest BCUT2D eigenvalue weighted by Gasteiger charge is -2.40. The predicted octanol–water partition coefficient (Wildman–Crippen LogP) is 3.22. The number of hydrogen-bond donors (Lipinski definition) is 1. The Kier molecular flexibility index (Phi) is 5.34. The third-order valence-electron chi connectivity index (χ3n) is 7.51. The van der Waals surface area contributed by atoms with Gasteiger partial charge >= 0.3 is 0 Å². The van der Waals surface area contributed by atoms with Gasteiger partial charge in [-0.05, 0) is 86.8 Å². The largest absolute Gasteiger partial charge is 0.492 e. The first-order valence-corrected chi connectivity index (χ1v) is 11.5. The van der Waals surface area contributed by atoms with Crippen LogP contribution in [-0.4, -0.2) is 49.5 Å². The Morgan fingerprint density at radius 2 is 1.94 bits per heavy atom. The number of aryl methyl sites for hydroxylation is 1. The van der Waals surface area contributed by atoms with E-state index in [9.17, 15) is 14.9 Å². The second-order valence-corrected chi connectivity index (χ2v) is 9.35. The monoisotopic (exact) mass is 444 g/mol. The van der Waals surface area contributed by atoms with E-state index in [0.29, 0.717) is 18.6 Å². The molecule has 3 heterocycles. The first-order chi connectivity index (χ1) is 15.9. The van der Waals surface area contributed by atoms with Crippen molar-refractivity contribution in [1.82, 2.24) is 4.90 Å². The number of nitrogens with one attached hydrogen (secondary N) is 1. The maximum atomic E-state index is 12.9. The van der Waals surface area contributed by atoms with Gasteiger partial charge in [0.2, 0.25) is 11.8 Å². The number of carbonyl (C=O) groups excluding carboxylic acids is 2. The number of fused-ring (bicyclic) bond motifs is 3. The number of carbonyl (C=O) groups is 2. The van der Waals surface area contributed by atoms with Gasteiger partial charge in [0.05, 0.1) is 17.0 Å². The molecule has 5 rings (SSSR count). The van der Waals surface area contributed by atoms with Gasteiger partial charge in [-0.25, -0.2) is 0 Å². The van der Waals surface area contributed by atoms with E-state index in [4.69, 9.17) is 4.74 Å². The predicted molar refractivity (Wildman–Crippen MR) is 125 cm³/mol. The van der Waals surface area contributed by atoms with E-state index < -0.39 is 5.41 Å². The van der Waals surface area contributed by atoms with Crippen LogP contribution in [0.25, 0.3) is 0 Å². The minimum Gasteiger partial charge on any atom is -0.492 e. The van der Waals surface area contributed by atoms with Gasteiger partial charge in [-0.2, -0.15) is 5.26 Å². The van der Waals surface area contributed by atoms with E-state index in [-0.39, 0.29) is 17.9 Å². The summed E-state index contributed by atoms with van der Waals surface area (Å²) in [5.74, 6) is 1.02. The van der Waals surface area contributed by atoms with Crippen LogP contribution in [0.3, 0.4) is 0 Å². The van der Waals surface area contributed by atoms with Gasteiger partial charge in [-0.3, -0.25) is 14.5 Å². The molecule has 0 saturated carbocycles. The van der Waals surface area contributed by atoms with Crippen LogP contribution in [0.5, 0.6) is 5.75 Å². The van der Waals surface area contributed by atoms with Gasteiger partial charge in [0.15, 0.2) is 0 Å². The smallest absolute Gasteiger partial charge is 0.235 e. The van der Waals surface area contributed by atoms with Gasteiger partial charge in [-0.1, -0.05) is 0 Å². The third kappa shape index (κ3) is 3.65. The van der Waals surface area contributed by atoms with Crippen LogP contribution in [-0.2, 0) is 21.4 Å². The summed E-state index contributed by atoms with van der Waals surface area (Å²) in [5, 5.41) is 12.3. The van der Waals surface area contributed by atoms with E-state index in [1.165, 1.54) is 0 Å². The normalized spacial score (nSPS) is 20.1. The van der Waals surface area contributed by atoms with E-state index >= 15 is 0 Å². The number of rotatable bonds is 4. The molecule has 0 aliphatic carbocycles. The van der Waals surface area contributed by atoms with E-state index in [2.05, 4.69) is 23.2 Å². The zero-order chi connectivity index (χ0) is 23.2. The molecule has 1 atom stereocenters. The molecule has 0 aromatic heterocycles. The highest BCUT2D eigenvalue weighted by atomic mass is 16.5. The number of hydrogen-bond acceptors (Lipinski definition) is 5. The van der Waals surface area contributed by atoms with Crippen molar-refractivity contribution in [2.75, 3.05) is 37.0 Å². The third-order valence-corrected chi connectivity index (χ3v) is 7.51. The van der Waals surface area contributed by atoms with Gasteiger partial charge in [0, 0.05) is 30.9 Å². The molecule has 1 N–H and O–H groups in total. The second kappa shape index (κ2) is 8.20. The Morgan fingerprint density at radius 3 is 2.70 bits per heavy atom. The number of nitriles is 1. The number of nitrogens with zero attached hydrogens (tertiary/aromatic N) is 3. The van der Waals surface area contributed by atoms with Crippen molar-refractivity contribution in [2.45, 2.75) is 44.1 Å². The van der Waals surface area contributed by atoms with E-state index in [0.717, 1.165) is 60.6 Å². The lowest BCUT2D eigenvalue weighted by Crippen LogP contribution is -2.50. The van der Waals surface area contributed by atoms with Crippen LogP contribution in [0.4, 0.5) is 11.4 Å². The van der Waals surface area contributed by atoms with Crippen molar-refractivity contribution in [3.05, 3.63) is 53.1 Å². The van der Waals surface area contributed by atoms with Crippen molar-refractivity contribution in [2.24, 2.45) is 0 Å². The van der Waals surface area contributed by atoms with Crippen LogP contribution >= 0.6 is 0 Å². The molecule has 7 heteroatoms. The standard InChI is InChI=1S/C26H28N4O3/c1-17(16-33-20-5-7-23-19(14-20)4-8-24(31)29(23)2)30-11-9-26(10-12-30)21-13-18(15-27)3-6-22(21)28-25(26)32/h3,5-7,13-14,17H,4,8-12,16H2,1-2H3,(H,28,32). The second-order valence-electron chi connectivity index (χ2n) is 9.35. The molecule has 1 spiro atoms. The summed E-state index contributed by atoms with van der Waals surface area (Å²) in [6.07, 6.45) is 2.73. The maximum Gasteiger partial charge on any atom is 0.235 e. The Labute approximate surface area is 193 Å². The summed E-state index contributed by atoms with van der Waals surface area (Å²) in [5.41, 5.74) is 3.96. The Hall–Kier alpha value is -3.37. The van der Waals surface area contributed by atoms with Gasteiger partial charge in [-0.15, -0.1) is 0 Å². The average Bonchev–Trinajstić information content (AvgIpc) is 3.10. The number of amides is 2. The molecule has 1 saturated heterocycles. The van der Waals surface area contributed by atoms with Crippen molar-refractivity contribution in [3.63, 3.8) is 0 Å². The molecular weight excluding hydrogens is 416 g/mol. The minimum absolute atomic E-state index is 0.0497. The van der Waals surface area contributed by atoms with Crippen molar-refractivity contribution in [1.29, 1.82) is 5.26 Å². The average molecular weight is 445 g/mol. The molecular formula is C26H28N4O3. The zero-order valence-corrected chi connectivity index (χ0v) is 19.1. The maximum absolute atomic E-state index is 12.9. The zero-order valence-electron chi connectivity index (χ0n) is 19.1. The summed E-state index contributed by atoms with van der Waals surface area (Å²) in [7, 11) is 1.82. The summed E-state index contributed by atoms with van der Waals surface area (Å²) in [6, 6.07) is 13.8. The van der Waals surface area contributed by atoms with E-state index in [1.807, 2.05) is 37.4 Å². The summed E-state index contributed by atoms with van der Waals surface area (Å²) in [4.78, 5) is 28.9. The fourth-order valence-electron chi connectivity index (χ4n) is 5.37. The summed E-state index contributed by atoms with van der Waals surface area (Å²) < 4.78 is 6.11. The van der Waals surface area contributed by atoms with Crippen LogP contribution < -0.4 is 15.0 Å². The lowest BCUT2D eigenvalue weighted by atomic mass is 9.73. The van der Waals surface area contributed by atoms with Crippen LogP contribution in [0.2, 0.25) is 0 Å². The van der Waals surface area contributed by atoms with Crippen LogP contribution in [0, 0.1) is 11.3 Å². The highest BCUT2D eigenvalue weighted by Gasteiger charge is 2.48. The first-order valence-electron chi connectivity index (χ1n) is 11.5. The number of benzene rings is 2. The molecule has 1 unspecified atom stereocenters. The van der Waals surface area contributed by atoms with Crippen LogP contribution in [0.15, 0.2) is 36.4 Å². The number of ether oxygens (including phenoxy) is 1. The fraction of sp³-hybridized carbons (Fsp3) is 0.423. The lowest BCUT2D eigenvalue weighted by molar-refractivity contribution is -0.122. The molecule has 2 aromatic rings. The van der Waals surface area contributed by atoms with E-state index in [1.54, 1.807) is 11.0 Å². The van der Waals surface area contributed by atoms with Gasteiger partial charge < -0.3 is 15.0 Å². The molecule has 3 aliphatic rings. The quantitative estimate of drug-likeness (QED) is 0.783.